The average Bonchev–Trinajstić information content (AvgIpc) is 2.99. The monoisotopic (exact) mass is 331 g/mol. The predicted octanol–water partition coefficient (Wildman–Crippen LogP) is 0.0889. The fourth-order valence-electron chi connectivity index (χ4n) is 3.13. The van der Waals surface area contributed by atoms with Gasteiger partial charge in [-0.3, -0.25) is 9.59 Å². The smallest absolute Gasteiger partial charge is 0.320 e. The molecule has 3 rings (SSSR count). The molecule has 1 unspecified atom stereocenters. The Labute approximate surface area is 137 Å². The van der Waals surface area contributed by atoms with Crippen molar-refractivity contribution in [1.29, 1.82) is 0 Å². The Morgan fingerprint density at radius 3 is 2.54 bits per heavy atom. The largest absolute Gasteiger partial charge is 0.481 e. The highest BCUT2D eigenvalue weighted by Crippen LogP contribution is 2.51. The summed E-state index contributed by atoms with van der Waals surface area (Å²) in [5, 5.41) is 30.2. The van der Waals surface area contributed by atoms with Crippen molar-refractivity contribution < 1.29 is 19.8 Å². The maximum Gasteiger partial charge on any atom is 0.320 e. The van der Waals surface area contributed by atoms with E-state index in [9.17, 15) is 9.59 Å². The van der Waals surface area contributed by atoms with Crippen LogP contribution >= 0.6 is 0 Å². The summed E-state index contributed by atoms with van der Waals surface area (Å²) in [6.45, 7) is 0.295. The quantitative estimate of drug-likeness (QED) is 0.647. The molecule has 1 aromatic heterocycles. The number of carbonyl (C=O) groups is 2. The van der Waals surface area contributed by atoms with Crippen LogP contribution in [0.4, 0.5) is 0 Å². The van der Waals surface area contributed by atoms with Gasteiger partial charge in [-0.2, -0.15) is 4.80 Å². The standard InChI is InChI=1S/C15H17N5O4/c16-13(15(23)24)12-9(6-11(21)22)10(12)7-20-18-14(17-19-20)8-4-2-1-3-5-8/h1-5,9-10,12-13H,6-7,16H2,(H,21,22)(H,23,24)/t9-,10-,12+,13?/m0/s1. The number of carboxylic acid groups (broad SMARTS) is 2. The molecule has 4 atom stereocenters. The van der Waals surface area contributed by atoms with Gasteiger partial charge >= 0.3 is 11.9 Å². The third-order valence-electron chi connectivity index (χ3n) is 4.37. The maximum atomic E-state index is 11.1. The first-order valence-electron chi connectivity index (χ1n) is 7.50. The highest BCUT2D eigenvalue weighted by molar-refractivity contribution is 5.75. The number of hydrogen-bond donors (Lipinski definition) is 3. The van der Waals surface area contributed by atoms with Crippen LogP contribution in [0.25, 0.3) is 11.4 Å². The summed E-state index contributed by atoms with van der Waals surface area (Å²) < 4.78 is 0. The van der Waals surface area contributed by atoms with Crippen molar-refractivity contribution >= 4 is 11.9 Å². The van der Waals surface area contributed by atoms with Gasteiger partial charge in [0.15, 0.2) is 0 Å². The summed E-state index contributed by atoms with van der Waals surface area (Å²) in [6, 6.07) is 8.23. The first kappa shape index (κ1) is 16.1. The van der Waals surface area contributed by atoms with Crippen molar-refractivity contribution in [2.75, 3.05) is 0 Å². The average molecular weight is 331 g/mol. The van der Waals surface area contributed by atoms with E-state index in [0.717, 1.165) is 5.56 Å². The van der Waals surface area contributed by atoms with Crippen LogP contribution in [0.1, 0.15) is 6.42 Å². The van der Waals surface area contributed by atoms with Crippen LogP contribution < -0.4 is 5.73 Å². The Morgan fingerprint density at radius 2 is 1.92 bits per heavy atom. The van der Waals surface area contributed by atoms with Gasteiger partial charge in [-0.05, 0) is 23.0 Å². The molecule has 0 radical (unpaired) electrons. The van der Waals surface area contributed by atoms with Gasteiger partial charge in [0.05, 0.1) is 6.54 Å². The lowest BCUT2D eigenvalue weighted by atomic mass is 10.1. The van der Waals surface area contributed by atoms with Crippen LogP contribution in [0.2, 0.25) is 0 Å². The Kier molecular flexibility index (Phi) is 4.26. The van der Waals surface area contributed by atoms with E-state index in [1.54, 1.807) is 0 Å². The Bertz CT molecular complexity index is 747. The second-order valence-corrected chi connectivity index (χ2v) is 5.90. The lowest BCUT2D eigenvalue weighted by Crippen LogP contribution is -2.34. The van der Waals surface area contributed by atoms with Crippen molar-refractivity contribution in [1.82, 2.24) is 20.2 Å². The van der Waals surface area contributed by atoms with E-state index >= 15 is 0 Å². The zero-order valence-electron chi connectivity index (χ0n) is 12.7. The SMILES string of the molecule is NC(C(=O)O)[C@@H]1[C@@H](CC(=O)O)[C@@H]1Cn1nnc(-c2ccccc2)n1. The van der Waals surface area contributed by atoms with Crippen LogP contribution in [0, 0.1) is 17.8 Å². The zero-order chi connectivity index (χ0) is 17.3. The highest BCUT2D eigenvalue weighted by atomic mass is 16.4. The van der Waals surface area contributed by atoms with Crippen molar-refractivity contribution in [2.24, 2.45) is 23.5 Å². The van der Waals surface area contributed by atoms with Crippen molar-refractivity contribution in [2.45, 2.75) is 19.0 Å². The summed E-state index contributed by atoms with van der Waals surface area (Å²) >= 11 is 0. The van der Waals surface area contributed by atoms with E-state index in [1.165, 1.54) is 4.80 Å². The van der Waals surface area contributed by atoms with E-state index in [-0.39, 0.29) is 18.3 Å². The van der Waals surface area contributed by atoms with Gasteiger partial charge in [0.2, 0.25) is 5.82 Å². The molecule has 24 heavy (non-hydrogen) atoms. The maximum absolute atomic E-state index is 11.1. The number of benzene rings is 1. The summed E-state index contributed by atoms with van der Waals surface area (Å²) in [4.78, 5) is 23.4. The number of tetrazole rings is 1. The molecule has 1 heterocycles. The fourth-order valence-corrected chi connectivity index (χ4v) is 3.13. The number of nitrogens with two attached hydrogens (primary N) is 1. The van der Waals surface area contributed by atoms with Crippen LogP contribution in [-0.2, 0) is 16.1 Å². The normalized spacial score (nSPS) is 23.6. The second-order valence-electron chi connectivity index (χ2n) is 5.90. The minimum atomic E-state index is -1.13. The molecule has 4 N–H and O–H groups in total. The van der Waals surface area contributed by atoms with E-state index in [0.29, 0.717) is 12.4 Å². The highest BCUT2D eigenvalue weighted by Gasteiger charge is 2.56. The molecule has 0 bridgehead atoms. The molecule has 0 aliphatic heterocycles. The van der Waals surface area contributed by atoms with Gasteiger partial charge < -0.3 is 15.9 Å². The third-order valence-corrected chi connectivity index (χ3v) is 4.37. The lowest BCUT2D eigenvalue weighted by Gasteiger charge is -2.04. The van der Waals surface area contributed by atoms with Gasteiger partial charge in [-0.1, -0.05) is 30.3 Å². The van der Waals surface area contributed by atoms with Crippen molar-refractivity contribution in [3.63, 3.8) is 0 Å². The molecule has 1 fully saturated rings. The number of aromatic nitrogens is 4. The summed E-state index contributed by atoms with van der Waals surface area (Å²) in [7, 11) is 0. The van der Waals surface area contributed by atoms with Crippen LogP contribution in [-0.4, -0.2) is 48.4 Å². The Morgan fingerprint density at radius 1 is 1.21 bits per heavy atom. The predicted molar refractivity (Wildman–Crippen MR) is 81.6 cm³/mol. The molecule has 1 aliphatic carbocycles. The summed E-state index contributed by atoms with van der Waals surface area (Å²) in [5.74, 6) is -2.52. The number of aliphatic carboxylic acids is 2. The summed E-state index contributed by atoms with van der Waals surface area (Å²) in [6.07, 6.45) is -0.115. The molecule has 0 amide bonds. The minimum absolute atomic E-state index is 0.115. The molecule has 1 saturated carbocycles. The summed E-state index contributed by atoms with van der Waals surface area (Å²) in [5.41, 5.74) is 6.49. The van der Waals surface area contributed by atoms with Gasteiger partial charge in [0.25, 0.3) is 0 Å². The molecule has 0 spiro atoms. The minimum Gasteiger partial charge on any atom is -0.481 e. The third kappa shape index (κ3) is 3.25. The van der Waals surface area contributed by atoms with E-state index < -0.39 is 23.9 Å². The Balaban J connectivity index is 1.71. The van der Waals surface area contributed by atoms with Crippen molar-refractivity contribution in [3.05, 3.63) is 30.3 Å². The first-order chi connectivity index (χ1) is 11.5. The van der Waals surface area contributed by atoms with E-state index in [4.69, 9.17) is 15.9 Å². The van der Waals surface area contributed by atoms with Crippen LogP contribution in [0.3, 0.4) is 0 Å². The van der Waals surface area contributed by atoms with Gasteiger partial charge in [-0.25, -0.2) is 0 Å². The molecule has 9 nitrogen and oxygen atoms in total. The first-order valence-corrected chi connectivity index (χ1v) is 7.50. The van der Waals surface area contributed by atoms with Crippen LogP contribution in [0.15, 0.2) is 30.3 Å². The molecule has 0 saturated heterocycles. The molecular weight excluding hydrogens is 314 g/mol. The number of rotatable bonds is 7. The van der Waals surface area contributed by atoms with Gasteiger partial charge in [-0.15, -0.1) is 10.2 Å². The molecule has 1 aromatic carbocycles. The lowest BCUT2D eigenvalue weighted by molar-refractivity contribution is -0.140. The Hall–Kier alpha value is -2.81. The molecule has 1 aliphatic rings. The van der Waals surface area contributed by atoms with Crippen molar-refractivity contribution in [3.8, 4) is 11.4 Å². The number of hydrogen-bond acceptors (Lipinski definition) is 6. The fraction of sp³-hybridized carbons (Fsp3) is 0.400. The zero-order valence-corrected chi connectivity index (χ0v) is 12.7. The number of carboxylic acids is 2. The topological polar surface area (TPSA) is 144 Å². The molecular formula is C15H17N5O4. The van der Waals surface area contributed by atoms with Gasteiger partial charge in [0, 0.05) is 12.0 Å². The molecule has 126 valence electrons. The van der Waals surface area contributed by atoms with E-state index in [1.807, 2.05) is 30.3 Å². The number of nitrogens with zero attached hydrogens (tertiary/aromatic N) is 4. The van der Waals surface area contributed by atoms with Gasteiger partial charge in [0.1, 0.15) is 6.04 Å². The molecule has 2 aromatic rings. The second kappa shape index (κ2) is 6.36. The van der Waals surface area contributed by atoms with E-state index in [2.05, 4.69) is 15.4 Å². The molecule has 9 heteroatoms. The van der Waals surface area contributed by atoms with Crippen LogP contribution in [0.5, 0.6) is 0 Å².